The Bertz CT molecular complexity index is 611. The minimum absolute atomic E-state index is 0.723. The smallest absolute Gasteiger partial charge is 0.168 e. The van der Waals surface area contributed by atoms with Crippen molar-refractivity contribution in [3.8, 4) is 28.4 Å². The number of benzene rings is 2. The predicted molar refractivity (Wildman–Crippen MR) is 84.3 cm³/mol. The highest BCUT2D eigenvalue weighted by atomic mass is 16.5. The van der Waals surface area contributed by atoms with E-state index in [9.17, 15) is 0 Å². The van der Waals surface area contributed by atoms with Gasteiger partial charge in [0.05, 0.1) is 21.3 Å². The van der Waals surface area contributed by atoms with Crippen molar-refractivity contribution < 1.29 is 14.2 Å². The highest BCUT2D eigenvalue weighted by Crippen LogP contribution is 2.39. The van der Waals surface area contributed by atoms with Crippen LogP contribution in [-0.2, 0) is 6.54 Å². The van der Waals surface area contributed by atoms with Gasteiger partial charge in [-0.3, -0.25) is 0 Å². The standard InChI is InChI=1S/C17H21NO3/c1-18-11-13-10-12(8-9-15(13)19-2)14-6-5-7-16(20-3)17(14)21-4/h5-10,18H,11H2,1-4H3. The maximum Gasteiger partial charge on any atom is 0.168 e. The van der Waals surface area contributed by atoms with Crippen molar-refractivity contribution in [1.82, 2.24) is 5.32 Å². The van der Waals surface area contributed by atoms with E-state index in [0.717, 1.165) is 40.5 Å². The number of hydrogen-bond donors (Lipinski definition) is 1. The van der Waals surface area contributed by atoms with Gasteiger partial charge in [-0.1, -0.05) is 18.2 Å². The Morgan fingerprint density at radius 2 is 1.67 bits per heavy atom. The van der Waals surface area contributed by atoms with Gasteiger partial charge in [0.2, 0.25) is 0 Å². The second-order valence-electron chi connectivity index (χ2n) is 4.60. The fraction of sp³-hybridized carbons (Fsp3) is 0.294. The van der Waals surface area contributed by atoms with Gasteiger partial charge in [-0.05, 0) is 30.8 Å². The average molecular weight is 287 g/mol. The summed E-state index contributed by atoms with van der Waals surface area (Å²) < 4.78 is 16.3. The first-order valence-electron chi connectivity index (χ1n) is 6.78. The molecule has 0 fully saturated rings. The van der Waals surface area contributed by atoms with Crippen LogP contribution in [0.2, 0.25) is 0 Å². The van der Waals surface area contributed by atoms with Crippen molar-refractivity contribution in [2.45, 2.75) is 6.54 Å². The average Bonchev–Trinajstić information content (AvgIpc) is 2.54. The largest absolute Gasteiger partial charge is 0.496 e. The van der Waals surface area contributed by atoms with E-state index in [0.29, 0.717) is 0 Å². The van der Waals surface area contributed by atoms with Gasteiger partial charge >= 0.3 is 0 Å². The lowest BCUT2D eigenvalue weighted by Crippen LogP contribution is -2.06. The first kappa shape index (κ1) is 15.2. The Hall–Kier alpha value is -2.20. The molecule has 2 rings (SSSR count). The van der Waals surface area contributed by atoms with Gasteiger partial charge < -0.3 is 19.5 Å². The third kappa shape index (κ3) is 3.11. The predicted octanol–water partition coefficient (Wildman–Crippen LogP) is 3.10. The molecule has 0 spiro atoms. The topological polar surface area (TPSA) is 39.7 Å². The summed E-state index contributed by atoms with van der Waals surface area (Å²) >= 11 is 0. The van der Waals surface area contributed by atoms with Crippen LogP contribution in [-0.4, -0.2) is 28.4 Å². The Balaban J connectivity index is 2.54. The molecule has 0 bridgehead atoms. The molecule has 0 aromatic heterocycles. The Labute approximate surface area is 125 Å². The van der Waals surface area contributed by atoms with Crippen LogP contribution in [0.1, 0.15) is 5.56 Å². The quantitative estimate of drug-likeness (QED) is 0.886. The van der Waals surface area contributed by atoms with Crippen LogP contribution in [0, 0.1) is 0 Å². The molecule has 0 heterocycles. The van der Waals surface area contributed by atoms with Crippen molar-refractivity contribution in [1.29, 1.82) is 0 Å². The summed E-state index contributed by atoms with van der Waals surface area (Å²) in [7, 11) is 6.89. The fourth-order valence-corrected chi connectivity index (χ4v) is 2.39. The van der Waals surface area contributed by atoms with E-state index in [1.165, 1.54) is 0 Å². The van der Waals surface area contributed by atoms with Crippen molar-refractivity contribution >= 4 is 0 Å². The first-order chi connectivity index (χ1) is 10.2. The van der Waals surface area contributed by atoms with Crippen LogP contribution in [0.15, 0.2) is 36.4 Å². The monoisotopic (exact) mass is 287 g/mol. The number of nitrogens with one attached hydrogen (secondary N) is 1. The molecule has 0 aliphatic carbocycles. The molecule has 4 nitrogen and oxygen atoms in total. The van der Waals surface area contributed by atoms with Crippen molar-refractivity contribution in [2.24, 2.45) is 0 Å². The molecule has 4 heteroatoms. The Kier molecular flexibility index (Phi) is 5.06. The molecular weight excluding hydrogens is 266 g/mol. The summed E-state index contributed by atoms with van der Waals surface area (Å²) in [6.07, 6.45) is 0. The highest BCUT2D eigenvalue weighted by Gasteiger charge is 2.13. The summed E-state index contributed by atoms with van der Waals surface area (Å²) in [4.78, 5) is 0. The third-order valence-electron chi connectivity index (χ3n) is 3.36. The molecular formula is C17H21NO3. The van der Waals surface area contributed by atoms with Crippen LogP contribution < -0.4 is 19.5 Å². The number of ether oxygens (including phenoxy) is 3. The molecule has 1 N–H and O–H groups in total. The van der Waals surface area contributed by atoms with E-state index in [-0.39, 0.29) is 0 Å². The number of para-hydroxylation sites is 1. The Morgan fingerprint density at radius 1 is 0.905 bits per heavy atom. The van der Waals surface area contributed by atoms with E-state index < -0.39 is 0 Å². The van der Waals surface area contributed by atoms with E-state index in [4.69, 9.17) is 14.2 Å². The third-order valence-corrected chi connectivity index (χ3v) is 3.36. The SMILES string of the molecule is CNCc1cc(-c2cccc(OC)c2OC)ccc1OC. The fourth-order valence-electron chi connectivity index (χ4n) is 2.39. The van der Waals surface area contributed by atoms with Gasteiger partial charge in [0, 0.05) is 17.7 Å². The number of hydrogen-bond acceptors (Lipinski definition) is 4. The van der Waals surface area contributed by atoms with Crippen LogP contribution in [0.25, 0.3) is 11.1 Å². The summed E-state index contributed by atoms with van der Waals surface area (Å²) in [5, 5.41) is 3.15. The zero-order valence-electron chi connectivity index (χ0n) is 12.9. The van der Waals surface area contributed by atoms with Crippen LogP contribution >= 0.6 is 0 Å². The van der Waals surface area contributed by atoms with E-state index in [1.54, 1.807) is 21.3 Å². The minimum atomic E-state index is 0.723. The molecule has 0 aliphatic heterocycles. The molecule has 0 saturated carbocycles. The van der Waals surface area contributed by atoms with Gasteiger partial charge in [0.15, 0.2) is 11.5 Å². The summed E-state index contributed by atoms with van der Waals surface area (Å²) in [6.45, 7) is 0.739. The lowest BCUT2D eigenvalue weighted by molar-refractivity contribution is 0.356. The minimum Gasteiger partial charge on any atom is -0.496 e. The molecule has 2 aromatic carbocycles. The lowest BCUT2D eigenvalue weighted by atomic mass is 10.0. The second-order valence-corrected chi connectivity index (χ2v) is 4.60. The van der Waals surface area contributed by atoms with Gasteiger partial charge in [0.25, 0.3) is 0 Å². The van der Waals surface area contributed by atoms with Gasteiger partial charge in [-0.15, -0.1) is 0 Å². The lowest BCUT2D eigenvalue weighted by Gasteiger charge is -2.15. The molecule has 0 amide bonds. The molecule has 21 heavy (non-hydrogen) atoms. The van der Waals surface area contributed by atoms with Crippen molar-refractivity contribution in [2.75, 3.05) is 28.4 Å². The van der Waals surface area contributed by atoms with Crippen molar-refractivity contribution in [3.05, 3.63) is 42.0 Å². The number of methoxy groups -OCH3 is 3. The van der Waals surface area contributed by atoms with Gasteiger partial charge in [-0.25, -0.2) is 0 Å². The zero-order chi connectivity index (χ0) is 15.2. The molecule has 0 atom stereocenters. The highest BCUT2D eigenvalue weighted by molar-refractivity contribution is 5.75. The van der Waals surface area contributed by atoms with E-state index in [2.05, 4.69) is 11.4 Å². The van der Waals surface area contributed by atoms with Gasteiger partial charge in [-0.2, -0.15) is 0 Å². The molecule has 0 unspecified atom stereocenters. The Morgan fingerprint density at radius 3 is 2.29 bits per heavy atom. The normalized spacial score (nSPS) is 10.3. The second kappa shape index (κ2) is 6.99. The van der Waals surface area contributed by atoms with Crippen LogP contribution in [0.3, 0.4) is 0 Å². The molecule has 112 valence electrons. The maximum absolute atomic E-state index is 5.51. The molecule has 2 aromatic rings. The van der Waals surface area contributed by atoms with E-state index >= 15 is 0 Å². The summed E-state index contributed by atoms with van der Waals surface area (Å²) in [6, 6.07) is 12.0. The molecule has 0 aliphatic rings. The summed E-state index contributed by atoms with van der Waals surface area (Å²) in [5.74, 6) is 2.33. The number of rotatable bonds is 6. The van der Waals surface area contributed by atoms with Crippen LogP contribution in [0.5, 0.6) is 17.2 Å². The zero-order valence-corrected chi connectivity index (χ0v) is 12.9. The van der Waals surface area contributed by atoms with Crippen molar-refractivity contribution in [3.63, 3.8) is 0 Å². The van der Waals surface area contributed by atoms with Crippen LogP contribution in [0.4, 0.5) is 0 Å². The molecule has 0 radical (unpaired) electrons. The van der Waals surface area contributed by atoms with Gasteiger partial charge in [0.1, 0.15) is 5.75 Å². The first-order valence-corrected chi connectivity index (χ1v) is 6.78. The van der Waals surface area contributed by atoms with E-state index in [1.807, 2.05) is 37.4 Å². The summed E-state index contributed by atoms with van der Waals surface area (Å²) in [5.41, 5.74) is 3.16. The maximum atomic E-state index is 5.51. The molecule has 0 saturated heterocycles.